The zero-order valence-corrected chi connectivity index (χ0v) is 10.7. The molecule has 0 aromatic rings. The number of hydrogen-bond acceptors (Lipinski definition) is 1. The van der Waals surface area contributed by atoms with E-state index in [9.17, 15) is 4.79 Å². The Bertz CT molecular complexity index is 199. The minimum absolute atomic E-state index is 0.162. The number of hydrogen-bond donors (Lipinski definition) is 1. The van der Waals surface area contributed by atoms with Crippen molar-refractivity contribution in [3.05, 3.63) is 0 Å². The number of alkyl halides is 1. The topological polar surface area (TPSA) is 29.1 Å². The molecule has 14 heavy (non-hydrogen) atoms. The van der Waals surface area contributed by atoms with Crippen molar-refractivity contribution in [2.75, 3.05) is 11.9 Å². The van der Waals surface area contributed by atoms with Crippen molar-refractivity contribution in [2.24, 2.45) is 11.3 Å². The number of nitrogens with one attached hydrogen (secondary N) is 1. The molecule has 0 aromatic carbocycles. The summed E-state index contributed by atoms with van der Waals surface area (Å²) in [6, 6.07) is 0. The van der Waals surface area contributed by atoms with Gasteiger partial charge in [-0.25, -0.2) is 0 Å². The lowest BCUT2D eigenvalue weighted by atomic mass is 9.83. The number of carbonyl (C=O) groups excluding carboxylic acids is 1. The summed E-state index contributed by atoms with van der Waals surface area (Å²) in [5.41, 5.74) is 0.162. The fourth-order valence-electron chi connectivity index (χ4n) is 1.42. The van der Waals surface area contributed by atoms with Crippen molar-refractivity contribution >= 4 is 21.8 Å². The molecule has 0 atom stereocenters. The van der Waals surface area contributed by atoms with Crippen LogP contribution in [0.4, 0.5) is 0 Å². The van der Waals surface area contributed by atoms with Crippen LogP contribution in [0, 0.1) is 11.3 Å². The van der Waals surface area contributed by atoms with Crippen LogP contribution in [0.25, 0.3) is 0 Å². The molecule has 1 aliphatic carbocycles. The van der Waals surface area contributed by atoms with Crippen LogP contribution >= 0.6 is 15.9 Å². The summed E-state index contributed by atoms with van der Waals surface area (Å²) < 4.78 is 0. The van der Waals surface area contributed by atoms with Gasteiger partial charge in [-0.05, 0) is 24.2 Å². The second-order valence-corrected chi connectivity index (χ2v) is 5.64. The average Bonchev–Trinajstić information content (AvgIpc) is 2.08. The third-order valence-corrected chi connectivity index (χ3v) is 4.34. The number of amides is 1. The van der Waals surface area contributed by atoms with E-state index in [1.54, 1.807) is 0 Å². The van der Waals surface area contributed by atoms with Gasteiger partial charge in [-0.15, -0.1) is 0 Å². The van der Waals surface area contributed by atoms with Crippen LogP contribution in [-0.4, -0.2) is 17.8 Å². The maximum Gasteiger partial charge on any atom is 0.220 e. The Balaban J connectivity index is 2.13. The van der Waals surface area contributed by atoms with Gasteiger partial charge in [0.2, 0.25) is 5.91 Å². The van der Waals surface area contributed by atoms with Gasteiger partial charge in [0, 0.05) is 18.3 Å². The molecule has 0 heterocycles. The SMILES string of the molecule is CC(C)(CBr)CNC(=O)CC1CCC1. The molecule has 0 bridgehead atoms. The fraction of sp³-hybridized carbons (Fsp3) is 0.909. The number of rotatable bonds is 5. The Morgan fingerprint density at radius 2 is 2.14 bits per heavy atom. The lowest BCUT2D eigenvalue weighted by molar-refractivity contribution is -0.123. The molecule has 1 N–H and O–H groups in total. The molecule has 0 aliphatic heterocycles. The maximum atomic E-state index is 11.5. The van der Waals surface area contributed by atoms with Crippen LogP contribution < -0.4 is 5.32 Å². The molecule has 1 amide bonds. The predicted molar refractivity (Wildman–Crippen MR) is 62.5 cm³/mol. The van der Waals surface area contributed by atoms with Gasteiger partial charge in [0.1, 0.15) is 0 Å². The largest absolute Gasteiger partial charge is 0.356 e. The van der Waals surface area contributed by atoms with Crippen LogP contribution in [0.5, 0.6) is 0 Å². The molecule has 2 nitrogen and oxygen atoms in total. The second-order valence-electron chi connectivity index (χ2n) is 5.08. The first-order valence-corrected chi connectivity index (χ1v) is 6.48. The molecule has 3 heteroatoms. The predicted octanol–water partition coefficient (Wildman–Crippen LogP) is 2.71. The van der Waals surface area contributed by atoms with E-state index in [0.29, 0.717) is 5.92 Å². The van der Waals surface area contributed by atoms with Gasteiger partial charge in [0.15, 0.2) is 0 Å². The molecule has 1 fully saturated rings. The molecule has 82 valence electrons. The maximum absolute atomic E-state index is 11.5. The molecule has 0 spiro atoms. The van der Waals surface area contributed by atoms with E-state index >= 15 is 0 Å². The third-order valence-electron chi connectivity index (χ3n) is 2.82. The highest BCUT2D eigenvalue weighted by atomic mass is 79.9. The van der Waals surface area contributed by atoms with Crippen LogP contribution in [0.1, 0.15) is 39.5 Å². The minimum atomic E-state index is 0.162. The minimum Gasteiger partial charge on any atom is -0.356 e. The smallest absolute Gasteiger partial charge is 0.220 e. The lowest BCUT2D eigenvalue weighted by Gasteiger charge is -2.26. The first-order chi connectivity index (χ1) is 6.53. The van der Waals surface area contributed by atoms with Gasteiger partial charge in [-0.2, -0.15) is 0 Å². The summed E-state index contributed by atoms with van der Waals surface area (Å²) in [4.78, 5) is 11.5. The fourth-order valence-corrected chi connectivity index (χ4v) is 1.61. The van der Waals surface area contributed by atoms with Crippen LogP contribution in [0.15, 0.2) is 0 Å². The van der Waals surface area contributed by atoms with E-state index < -0.39 is 0 Å². The summed E-state index contributed by atoms with van der Waals surface area (Å²) in [5, 5.41) is 3.92. The Morgan fingerprint density at radius 1 is 1.50 bits per heavy atom. The van der Waals surface area contributed by atoms with Crippen molar-refractivity contribution in [3.8, 4) is 0 Å². The van der Waals surface area contributed by atoms with Crippen LogP contribution in [-0.2, 0) is 4.79 Å². The normalized spacial score (nSPS) is 17.6. The Morgan fingerprint density at radius 3 is 2.57 bits per heavy atom. The molecule has 0 saturated heterocycles. The molecular weight excluding hydrogens is 242 g/mol. The van der Waals surface area contributed by atoms with Crippen molar-refractivity contribution < 1.29 is 4.79 Å². The first kappa shape index (κ1) is 12.0. The van der Waals surface area contributed by atoms with E-state index in [1.807, 2.05) is 0 Å². The Kier molecular flexibility index (Phi) is 4.42. The second kappa shape index (κ2) is 5.15. The van der Waals surface area contributed by atoms with Crippen LogP contribution in [0.3, 0.4) is 0 Å². The summed E-state index contributed by atoms with van der Waals surface area (Å²) in [5.74, 6) is 0.894. The number of halogens is 1. The van der Waals surface area contributed by atoms with Crippen molar-refractivity contribution in [1.29, 1.82) is 0 Å². The standard InChI is InChI=1S/C11H20BrNO/c1-11(2,7-12)8-13-10(14)6-9-4-3-5-9/h9H,3-8H2,1-2H3,(H,13,14). The third kappa shape index (κ3) is 3.99. The highest BCUT2D eigenvalue weighted by Gasteiger charge is 2.22. The highest BCUT2D eigenvalue weighted by molar-refractivity contribution is 9.09. The summed E-state index contributed by atoms with van der Waals surface area (Å²) in [6.07, 6.45) is 4.54. The monoisotopic (exact) mass is 261 g/mol. The van der Waals surface area contributed by atoms with Gasteiger partial charge in [0.05, 0.1) is 0 Å². The van der Waals surface area contributed by atoms with Gasteiger partial charge >= 0.3 is 0 Å². The van der Waals surface area contributed by atoms with Gasteiger partial charge < -0.3 is 5.32 Å². The first-order valence-electron chi connectivity index (χ1n) is 5.36. The summed E-state index contributed by atoms with van der Waals surface area (Å²) >= 11 is 3.45. The van der Waals surface area contributed by atoms with E-state index in [2.05, 4.69) is 35.1 Å². The molecule has 0 aromatic heterocycles. The zero-order valence-electron chi connectivity index (χ0n) is 9.11. The summed E-state index contributed by atoms with van der Waals surface area (Å²) in [6.45, 7) is 5.06. The van der Waals surface area contributed by atoms with Crippen LogP contribution in [0.2, 0.25) is 0 Å². The summed E-state index contributed by atoms with van der Waals surface area (Å²) in [7, 11) is 0. The van der Waals surface area contributed by atoms with E-state index in [1.165, 1.54) is 19.3 Å². The molecular formula is C11H20BrNO. The van der Waals surface area contributed by atoms with Gasteiger partial charge in [0.25, 0.3) is 0 Å². The quantitative estimate of drug-likeness (QED) is 0.758. The molecule has 0 unspecified atom stereocenters. The molecule has 1 rings (SSSR count). The van der Waals surface area contributed by atoms with Crippen molar-refractivity contribution in [1.82, 2.24) is 5.32 Å². The van der Waals surface area contributed by atoms with E-state index in [4.69, 9.17) is 0 Å². The van der Waals surface area contributed by atoms with Gasteiger partial charge in [-0.1, -0.05) is 36.2 Å². The lowest BCUT2D eigenvalue weighted by Crippen LogP contribution is -2.36. The Labute approximate surface area is 95.0 Å². The zero-order chi connectivity index (χ0) is 10.6. The average molecular weight is 262 g/mol. The molecule has 0 radical (unpaired) electrons. The van der Waals surface area contributed by atoms with E-state index in [-0.39, 0.29) is 11.3 Å². The van der Waals surface area contributed by atoms with Crippen molar-refractivity contribution in [3.63, 3.8) is 0 Å². The van der Waals surface area contributed by atoms with Crippen molar-refractivity contribution in [2.45, 2.75) is 39.5 Å². The highest BCUT2D eigenvalue weighted by Crippen LogP contribution is 2.29. The van der Waals surface area contributed by atoms with Gasteiger partial charge in [-0.3, -0.25) is 4.79 Å². The van der Waals surface area contributed by atoms with E-state index in [0.717, 1.165) is 18.3 Å². The molecule has 1 aliphatic rings. The number of carbonyl (C=O) groups is 1. The Hall–Kier alpha value is -0.0500. The molecule has 1 saturated carbocycles.